The second kappa shape index (κ2) is 10.1. The zero-order chi connectivity index (χ0) is 26.0. The van der Waals surface area contributed by atoms with Gasteiger partial charge in [-0.25, -0.2) is 15.0 Å². The standard InChI is InChI=1S/C32H29N7/c1-4-10-25(11-5-1)28-18-36(22-33-28)31-16-17-38(39-20-30(35-24-39)27-14-8-3-9-15-27)21-32(31)37-19-29(34-23-37)26-12-6-2-7-13-26/h1-15,18-20,22-24,31-32H,16-17,21H2. The van der Waals surface area contributed by atoms with Crippen molar-refractivity contribution in [3.63, 3.8) is 0 Å². The lowest BCUT2D eigenvalue weighted by molar-refractivity contribution is 0.253. The van der Waals surface area contributed by atoms with Gasteiger partial charge >= 0.3 is 0 Å². The maximum Gasteiger partial charge on any atom is 0.115 e. The highest BCUT2D eigenvalue weighted by Crippen LogP contribution is 2.34. The SMILES string of the molecule is c1ccc(-c2cn(C3CCN(n4cnc(-c5ccccc5)c4)CC3n3cnc(-c4ccccc4)c3)cn2)cc1. The molecule has 7 nitrogen and oxygen atoms in total. The molecule has 3 aromatic carbocycles. The first kappa shape index (κ1) is 23.2. The van der Waals surface area contributed by atoms with Gasteiger partial charge in [-0.15, -0.1) is 0 Å². The summed E-state index contributed by atoms with van der Waals surface area (Å²) < 4.78 is 6.70. The third-order valence-corrected chi connectivity index (χ3v) is 7.60. The highest BCUT2D eigenvalue weighted by molar-refractivity contribution is 5.59. The summed E-state index contributed by atoms with van der Waals surface area (Å²) in [5, 5.41) is 2.37. The van der Waals surface area contributed by atoms with Crippen molar-refractivity contribution in [2.75, 3.05) is 18.1 Å². The second-order valence-corrected chi connectivity index (χ2v) is 9.99. The Labute approximate surface area is 227 Å². The van der Waals surface area contributed by atoms with Crippen molar-refractivity contribution in [2.45, 2.75) is 18.5 Å². The van der Waals surface area contributed by atoms with Gasteiger partial charge in [-0.05, 0) is 6.42 Å². The van der Waals surface area contributed by atoms with Gasteiger partial charge in [-0.3, -0.25) is 4.68 Å². The van der Waals surface area contributed by atoms with E-state index in [1.54, 1.807) is 0 Å². The summed E-state index contributed by atoms with van der Waals surface area (Å²) in [6.45, 7) is 1.73. The van der Waals surface area contributed by atoms with Crippen molar-refractivity contribution >= 4 is 0 Å². The van der Waals surface area contributed by atoms with E-state index < -0.39 is 0 Å². The topological polar surface area (TPSA) is 56.7 Å². The van der Waals surface area contributed by atoms with Crippen molar-refractivity contribution in [3.8, 4) is 33.8 Å². The number of piperidine rings is 1. The Balaban J connectivity index is 1.21. The molecule has 1 aliphatic rings. The van der Waals surface area contributed by atoms with Gasteiger partial charge in [0.25, 0.3) is 0 Å². The molecule has 3 aromatic heterocycles. The minimum atomic E-state index is 0.157. The highest BCUT2D eigenvalue weighted by atomic mass is 15.6. The minimum Gasteiger partial charge on any atom is -0.332 e. The van der Waals surface area contributed by atoms with E-state index in [0.717, 1.165) is 53.3 Å². The molecule has 0 amide bonds. The number of aromatic nitrogens is 6. The van der Waals surface area contributed by atoms with Crippen LogP contribution < -0.4 is 5.01 Å². The van der Waals surface area contributed by atoms with Gasteiger partial charge in [-0.2, -0.15) is 0 Å². The fourth-order valence-corrected chi connectivity index (χ4v) is 5.53. The molecule has 39 heavy (non-hydrogen) atoms. The van der Waals surface area contributed by atoms with E-state index in [4.69, 9.17) is 15.0 Å². The number of hydrogen-bond acceptors (Lipinski definition) is 4. The Morgan fingerprint density at radius 2 is 0.974 bits per heavy atom. The monoisotopic (exact) mass is 511 g/mol. The molecule has 0 radical (unpaired) electrons. The molecule has 0 bridgehead atoms. The minimum absolute atomic E-state index is 0.157. The van der Waals surface area contributed by atoms with Crippen LogP contribution in [0.3, 0.4) is 0 Å². The van der Waals surface area contributed by atoms with Gasteiger partial charge in [0.05, 0.1) is 54.6 Å². The first-order valence-electron chi connectivity index (χ1n) is 13.3. The van der Waals surface area contributed by atoms with Crippen LogP contribution in [0.1, 0.15) is 18.5 Å². The quantitative estimate of drug-likeness (QED) is 0.271. The average Bonchev–Trinajstić information content (AvgIpc) is 3.80. The van der Waals surface area contributed by atoms with Gasteiger partial charge < -0.3 is 14.1 Å². The molecular formula is C32H29N7. The van der Waals surface area contributed by atoms with Crippen LogP contribution in [0.15, 0.2) is 129 Å². The number of imidazole rings is 3. The lowest BCUT2D eigenvalue weighted by Gasteiger charge is -2.40. The van der Waals surface area contributed by atoms with Crippen LogP contribution in [0.5, 0.6) is 0 Å². The third kappa shape index (κ3) is 4.63. The highest BCUT2D eigenvalue weighted by Gasteiger charge is 2.33. The van der Waals surface area contributed by atoms with Crippen LogP contribution >= 0.6 is 0 Å². The van der Waals surface area contributed by atoms with Crippen LogP contribution in [0.25, 0.3) is 33.8 Å². The summed E-state index contributed by atoms with van der Waals surface area (Å²) in [6, 6.07) is 31.5. The van der Waals surface area contributed by atoms with E-state index in [1.807, 2.05) is 49.3 Å². The summed E-state index contributed by atoms with van der Waals surface area (Å²) in [4.78, 5) is 14.3. The molecule has 6 aromatic rings. The van der Waals surface area contributed by atoms with Crippen molar-refractivity contribution in [1.82, 2.24) is 28.8 Å². The van der Waals surface area contributed by atoms with Gasteiger partial charge in [0, 0.05) is 35.6 Å². The molecule has 7 rings (SSSR count). The van der Waals surface area contributed by atoms with Gasteiger partial charge in [0.1, 0.15) is 6.33 Å². The normalized spacial score (nSPS) is 17.4. The van der Waals surface area contributed by atoms with E-state index in [9.17, 15) is 0 Å². The lowest BCUT2D eigenvalue weighted by Crippen LogP contribution is -2.47. The molecule has 192 valence electrons. The Hall–Kier alpha value is -4.91. The van der Waals surface area contributed by atoms with Gasteiger partial charge in [0.15, 0.2) is 0 Å². The second-order valence-electron chi connectivity index (χ2n) is 9.99. The Bertz CT molecular complexity index is 1650. The van der Waals surface area contributed by atoms with Crippen molar-refractivity contribution in [2.24, 2.45) is 0 Å². The molecule has 1 saturated heterocycles. The largest absolute Gasteiger partial charge is 0.332 e. The third-order valence-electron chi connectivity index (χ3n) is 7.60. The van der Waals surface area contributed by atoms with Crippen LogP contribution in [0.2, 0.25) is 0 Å². The maximum atomic E-state index is 4.78. The predicted molar refractivity (Wildman–Crippen MR) is 154 cm³/mol. The number of rotatable bonds is 6. The van der Waals surface area contributed by atoms with Gasteiger partial charge in [0.2, 0.25) is 0 Å². The van der Waals surface area contributed by atoms with Crippen LogP contribution in [0, 0.1) is 0 Å². The van der Waals surface area contributed by atoms with Crippen LogP contribution in [0.4, 0.5) is 0 Å². The predicted octanol–water partition coefficient (Wildman–Crippen LogP) is 6.10. The Morgan fingerprint density at radius 3 is 1.51 bits per heavy atom. The smallest absolute Gasteiger partial charge is 0.115 e. The van der Waals surface area contributed by atoms with Crippen molar-refractivity contribution < 1.29 is 0 Å². The van der Waals surface area contributed by atoms with Gasteiger partial charge in [-0.1, -0.05) is 91.0 Å². The molecule has 2 unspecified atom stereocenters. The summed E-state index contributed by atoms with van der Waals surface area (Å²) in [6.07, 6.45) is 13.3. The molecular weight excluding hydrogens is 482 g/mol. The lowest BCUT2D eigenvalue weighted by atomic mass is 9.99. The number of benzene rings is 3. The molecule has 4 heterocycles. The van der Waals surface area contributed by atoms with Crippen LogP contribution in [-0.2, 0) is 0 Å². The number of hydrogen-bond donors (Lipinski definition) is 0. The van der Waals surface area contributed by atoms with E-state index in [1.165, 1.54) is 0 Å². The van der Waals surface area contributed by atoms with E-state index in [2.05, 4.69) is 98.1 Å². The first-order chi connectivity index (χ1) is 19.3. The fourth-order valence-electron chi connectivity index (χ4n) is 5.53. The number of nitrogens with zero attached hydrogens (tertiary/aromatic N) is 7. The molecule has 2 atom stereocenters. The fraction of sp³-hybridized carbons (Fsp3) is 0.156. The Morgan fingerprint density at radius 1 is 0.513 bits per heavy atom. The van der Waals surface area contributed by atoms with E-state index in [-0.39, 0.29) is 12.1 Å². The van der Waals surface area contributed by atoms with E-state index in [0.29, 0.717) is 0 Å². The molecule has 1 aliphatic heterocycles. The zero-order valence-electron chi connectivity index (χ0n) is 21.5. The molecule has 1 fully saturated rings. The molecule has 0 spiro atoms. The van der Waals surface area contributed by atoms with Crippen molar-refractivity contribution in [1.29, 1.82) is 0 Å². The molecule has 0 saturated carbocycles. The summed E-state index contributed by atoms with van der Waals surface area (Å²) in [5.41, 5.74) is 6.33. The first-order valence-corrected chi connectivity index (χ1v) is 13.3. The zero-order valence-corrected chi connectivity index (χ0v) is 21.5. The summed E-state index contributed by atoms with van der Waals surface area (Å²) in [5.74, 6) is 0. The molecule has 0 N–H and O–H groups in total. The van der Waals surface area contributed by atoms with Crippen LogP contribution in [-0.4, -0.2) is 41.9 Å². The summed E-state index contributed by atoms with van der Waals surface area (Å²) >= 11 is 0. The van der Waals surface area contributed by atoms with E-state index >= 15 is 0 Å². The summed E-state index contributed by atoms with van der Waals surface area (Å²) in [7, 11) is 0. The molecule has 7 heteroatoms. The Kier molecular flexibility index (Phi) is 6.01. The maximum absolute atomic E-state index is 4.78. The molecule has 0 aliphatic carbocycles. The average molecular weight is 512 g/mol. The van der Waals surface area contributed by atoms with Crippen molar-refractivity contribution in [3.05, 3.63) is 129 Å².